The number of carbonyl (C=O) groups is 1. The number of benzene rings is 2. The summed E-state index contributed by atoms with van der Waals surface area (Å²) in [7, 11) is 0. The fraction of sp³-hybridized carbons (Fsp3) is 0.333. The van der Waals surface area contributed by atoms with Crippen molar-refractivity contribution < 1.29 is 4.79 Å². The highest BCUT2D eigenvalue weighted by atomic mass is 35.5. The lowest BCUT2D eigenvalue weighted by atomic mass is 10.0. The molecule has 156 valence electrons. The molecule has 2 aromatic carbocycles. The van der Waals surface area contributed by atoms with E-state index in [1.807, 2.05) is 54.8 Å². The zero-order valence-electron chi connectivity index (χ0n) is 17.1. The normalized spacial score (nSPS) is 14.1. The minimum Gasteiger partial charge on any atom is -0.331 e. The number of hydrogen-bond donors (Lipinski definition) is 2. The van der Waals surface area contributed by atoms with Crippen LogP contribution < -0.4 is 10.6 Å². The molecule has 2 N–H and O–H groups in total. The quantitative estimate of drug-likeness (QED) is 0.402. The third-order valence-corrected chi connectivity index (χ3v) is 6.66. The summed E-state index contributed by atoms with van der Waals surface area (Å²) in [5.74, 6) is 0.841. The van der Waals surface area contributed by atoms with Crippen LogP contribution in [-0.2, 0) is 4.79 Å². The Morgan fingerprint density at radius 1 is 1.17 bits per heavy atom. The molecule has 6 heteroatoms. The predicted octanol–water partition coefficient (Wildman–Crippen LogP) is 7.42. The average Bonchev–Trinajstić information content (AvgIpc) is 3.42. The summed E-state index contributed by atoms with van der Waals surface area (Å²) < 4.78 is 0. The molecule has 0 unspecified atom stereocenters. The molecule has 0 bridgehead atoms. The summed E-state index contributed by atoms with van der Waals surface area (Å²) >= 11 is 7.65. The van der Waals surface area contributed by atoms with Crippen molar-refractivity contribution in [3.8, 4) is 11.3 Å². The van der Waals surface area contributed by atoms with Crippen molar-refractivity contribution in [2.24, 2.45) is 5.92 Å². The van der Waals surface area contributed by atoms with E-state index in [1.165, 1.54) is 25.7 Å². The number of amides is 1. The van der Waals surface area contributed by atoms with E-state index in [4.69, 9.17) is 11.6 Å². The highest BCUT2D eigenvalue weighted by Crippen LogP contribution is 2.31. The number of carbonyl (C=O) groups excluding carboxylic acids is 1. The van der Waals surface area contributed by atoms with Gasteiger partial charge < -0.3 is 10.6 Å². The van der Waals surface area contributed by atoms with Gasteiger partial charge in [-0.2, -0.15) is 0 Å². The van der Waals surface area contributed by atoms with Gasteiger partial charge in [-0.15, -0.1) is 11.3 Å². The summed E-state index contributed by atoms with van der Waals surface area (Å²) in [6.07, 6.45) is 6.81. The smallest absolute Gasteiger partial charge is 0.224 e. The van der Waals surface area contributed by atoms with Gasteiger partial charge in [-0.25, -0.2) is 4.98 Å². The van der Waals surface area contributed by atoms with E-state index in [9.17, 15) is 4.79 Å². The molecule has 0 saturated heterocycles. The van der Waals surface area contributed by atoms with Crippen molar-refractivity contribution in [2.45, 2.75) is 45.4 Å². The first-order valence-electron chi connectivity index (χ1n) is 10.5. The number of nitrogens with zero attached hydrogens (tertiary/aromatic N) is 1. The maximum atomic E-state index is 12.2. The van der Waals surface area contributed by atoms with Crippen molar-refractivity contribution in [1.82, 2.24) is 4.98 Å². The molecule has 1 fully saturated rings. The van der Waals surface area contributed by atoms with Gasteiger partial charge in [0.2, 0.25) is 5.91 Å². The molecule has 0 spiro atoms. The van der Waals surface area contributed by atoms with Crippen LogP contribution in [0, 0.1) is 12.8 Å². The molecule has 1 aromatic heterocycles. The van der Waals surface area contributed by atoms with Crippen LogP contribution in [0.15, 0.2) is 47.8 Å². The van der Waals surface area contributed by atoms with E-state index in [0.717, 1.165) is 45.7 Å². The Hall–Kier alpha value is -2.37. The van der Waals surface area contributed by atoms with Gasteiger partial charge >= 0.3 is 0 Å². The molecule has 4 rings (SSSR count). The fourth-order valence-electron chi connectivity index (χ4n) is 3.89. The van der Waals surface area contributed by atoms with Crippen LogP contribution in [0.4, 0.5) is 16.5 Å². The summed E-state index contributed by atoms with van der Waals surface area (Å²) in [5, 5.41) is 9.90. The Bertz CT molecular complexity index is 1010. The van der Waals surface area contributed by atoms with Gasteiger partial charge in [0, 0.05) is 33.8 Å². The Labute approximate surface area is 186 Å². The zero-order chi connectivity index (χ0) is 20.9. The fourth-order valence-corrected chi connectivity index (χ4v) is 4.79. The van der Waals surface area contributed by atoms with Crippen LogP contribution in [0.5, 0.6) is 0 Å². The van der Waals surface area contributed by atoms with Gasteiger partial charge in [-0.1, -0.05) is 55.5 Å². The second-order valence-electron chi connectivity index (χ2n) is 7.94. The number of aryl methyl sites for hydroxylation is 1. The monoisotopic (exact) mass is 439 g/mol. The molecule has 4 nitrogen and oxygen atoms in total. The third-order valence-electron chi connectivity index (χ3n) is 5.66. The Morgan fingerprint density at radius 3 is 2.70 bits per heavy atom. The summed E-state index contributed by atoms with van der Waals surface area (Å²) in [5.41, 5.74) is 4.83. The number of thiazole rings is 1. The van der Waals surface area contributed by atoms with Gasteiger partial charge in [-0.05, 0) is 49.1 Å². The molecule has 3 aromatic rings. The van der Waals surface area contributed by atoms with Crippen LogP contribution in [0.2, 0.25) is 5.02 Å². The molecule has 0 atom stereocenters. The Balaban J connectivity index is 1.34. The van der Waals surface area contributed by atoms with Gasteiger partial charge in [0.25, 0.3) is 0 Å². The van der Waals surface area contributed by atoms with E-state index in [2.05, 4.69) is 15.6 Å². The summed E-state index contributed by atoms with van der Waals surface area (Å²) in [6, 6.07) is 13.6. The second-order valence-corrected chi connectivity index (χ2v) is 9.23. The minimum absolute atomic E-state index is 0.103. The summed E-state index contributed by atoms with van der Waals surface area (Å²) in [4.78, 5) is 16.9. The molecule has 1 saturated carbocycles. The SMILES string of the molecule is Cc1ccc(Cl)cc1Nc1nc(-c2ccc(NC(=O)CCC3CCCC3)cc2)cs1. The zero-order valence-corrected chi connectivity index (χ0v) is 18.7. The largest absolute Gasteiger partial charge is 0.331 e. The molecule has 30 heavy (non-hydrogen) atoms. The molecule has 1 aliphatic carbocycles. The van der Waals surface area contributed by atoms with Gasteiger partial charge in [0.15, 0.2) is 5.13 Å². The highest BCUT2D eigenvalue weighted by Gasteiger charge is 2.16. The van der Waals surface area contributed by atoms with Crippen LogP contribution in [-0.4, -0.2) is 10.9 Å². The van der Waals surface area contributed by atoms with E-state index in [0.29, 0.717) is 11.4 Å². The molecule has 0 radical (unpaired) electrons. The van der Waals surface area contributed by atoms with E-state index in [-0.39, 0.29) is 5.91 Å². The number of halogens is 1. The Kier molecular flexibility index (Phi) is 6.70. The highest BCUT2D eigenvalue weighted by molar-refractivity contribution is 7.14. The molecule has 0 aliphatic heterocycles. The number of nitrogens with one attached hydrogen (secondary N) is 2. The molecular formula is C24H26ClN3OS. The Morgan fingerprint density at radius 2 is 1.93 bits per heavy atom. The maximum absolute atomic E-state index is 12.2. The number of anilines is 3. The molecular weight excluding hydrogens is 414 g/mol. The number of aromatic nitrogens is 1. The topological polar surface area (TPSA) is 54.0 Å². The first-order chi connectivity index (χ1) is 14.6. The number of hydrogen-bond acceptors (Lipinski definition) is 4. The summed E-state index contributed by atoms with van der Waals surface area (Å²) in [6.45, 7) is 2.04. The lowest BCUT2D eigenvalue weighted by molar-refractivity contribution is -0.116. The van der Waals surface area contributed by atoms with Crippen LogP contribution in [0.25, 0.3) is 11.3 Å². The van der Waals surface area contributed by atoms with Crippen molar-refractivity contribution in [3.63, 3.8) is 0 Å². The van der Waals surface area contributed by atoms with Gasteiger partial charge in [-0.3, -0.25) is 4.79 Å². The van der Waals surface area contributed by atoms with E-state index >= 15 is 0 Å². The van der Waals surface area contributed by atoms with Gasteiger partial charge in [0.1, 0.15) is 0 Å². The van der Waals surface area contributed by atoms with E-state index < -0.39 is 0 Å². The average molecular weight is 440 g/mol. The van der Waals surface area contributed by atoms with Crippen LogP contribution in [0.3, 0.4) is 0 Å². The first-order valence-corrected chi connectivity index (χ1v) is 11.7. The number of rotatable bonds is 7. The van der Waals surface area contributed by atoms with E-state index in [1.54, 1.807) is 11.3 Å². The molecule has 1 heterocycles. The molecule has 1 amide bonds. The van der Waals surface area contributed by atoms with Gasteiger partial charge in [0.05, 0.1) is 5.69 Å². The molecule has 1 aliphatic rings. The van der Waals surface area contributed by atoms with Crippen LogP contribution in [0.1, 0.15) is 44.1 Å². The second kappa shape index (κ2) is 9.63. The lowest BCUT2D eigenvalue weighted by Crippen LogP contribution is -2.12. The van der Waals surface area contributed by atoms with Crippen LogP contribution >= 0.6 is 22.9 Å². The van der Waals surface area contributed by atoms with Crippen molar-refractivity contribution in [3.05, 3.63) is 58.4 Å². The first kappa shape index (κ1) is 20.9. The third kappa shape index (κ3) is 5.41. The maximum Gasteiger partial charge on any atom is 0.224 e. The standard InChI is InChI=1S/C24H26ClN3OS/c1-16-6-10-19(25)14-21(16)27-24-28-22(15-30-24)18-8-11-20(12-9-18)26-23(29)13-7-17-4-2-3-5-17/h6,8-12,14-15,17H,2-5,7,13H2,1H3,(H,26,29)(H,27,28). The minimum atomic E-state index is 0.103. The van der Waals surface area contributed by atoms with Crippen molar-refractivity contribution in [2.75, 3.05) is 10.6 Å². The van der Waals surface area contributed by atoms with Crippen molar-refractivity contribution >= 4 is 45.4 Å². The predicted molar refractivity (Wildman–Crippen MR) is 127 cm³/mol. The lowest BCUT2D eigenvalue weighted by Gasteiger charge is -2.09. The van der Waals surface area contributed by atoms with Crippen molar-refractivity contribution in [1.29, 1.82) is 0 Å².